The van der Waals surface area contributed by atoms with Crippen LogP contribution in [0.15, 0.2) is 0 Å². The van der Waals surface area contributed by atoms with Gasteiger partial charge >= 0.3 is 5.97 Å². The van der Waals surface area contributed by atoms with Crippen molar-refractivity contribution < 1.29 is 7.86 Å². The molecule has 0 radical (unpaired) electrons. The van der Waals surface area contributed by atoms with Crippen LogP contribution in [0.4, 0.5) is 0 Å². The van der Waals surface area contributed by atoms with Gasteiger partial charge < -0.3 is 14.5 Å². The quantitative estimate of drug-likeness (QED) is 0.558. The molecule has 0 saturated carbocycles. The fourth-order valence-electron chi connectivity index (χ4n) is 0.684. The minimum atomic E-state index is -0.488. The van der Waals surface area contributed by atoms with Gasteiger partial charge in [0.15, 0.2) is 23.0 Å². The molecule has 66 valence electrons. The van der Waals surface area contributed by atoms with Gasteiger partial charge in [-0.25, -0.2) is 4.79 Å². The van der Waals surface area contributed by atoms with Crippen LogP contribution in [0.5, 0.6) is 0 Å². The summed E-state index contributed by atoms with van der Waals surface area (Å²) in [5.41, 5.74) is 10.7. The summed E-state index contributed by atoms with van der Waals surface area (Å²) in [7, 11) is 0. The molecule has 0 aromatic rings. The van der Waals surface area contributed by atoms with Crippen LogP contribution in [0.3, 0.4) is 0 Å². The fourth-order valence-corrected chi connectivity index (χ4v) is 1.01. The Kier molecular flexibility index (Phi) is 6.88. The number of hydrogen-bond donors (Lipinski definition) is 2. The van der Waals surface area contributed by atoms with E-state index in [4.69, 9.17) is 11.5 Å². The lowest BCUT2D eigenvalue weighted by molar-refractivity contribution is -0.132. The first-order valence-electron chi connectivity index (χ1n) is 3.50. The van der Waals surface area contributed by atoms with Crippen LogP contribution in [0, 0.1) is 0 Å². The van der Waals surface area contributed by atoms with Gasteiger partial charge in [-0.1, -0.05) is 6.42 Å². The molecule has 0 spiro atoms. The normalized spacial score (nSPS) is 12.6. The second-order valence-corrected chi connectivity index (χ2v) is 2.73. The van der Waals surface area contributed by atoms with Crippen molar-refractivity contribution in [2.24, 2.45) is 11.5 Å². The third kappa shape index (κ3) is 5.40. The van der Waals surface area contributed by atoms with Gasteiger partial charge in [-0.3, -0.25) is 0 Å². The molecule has 5 heteroatoms. The average molecular weight is 272 g/mol. The van der Waals surface area contributed by atoms with Crippen molar-refractivity contribution in [3.05, 3.63) is 0 Å². The Morgan fingerprint density at radius 2 is 2.18 bits per heavy atom. The first kappa shape index (κ1) is 11.1. The summed E-state index contributed by atoms with van der Waals surface area (Å²) in [5.74, 6) is -0.359. The smallest absolute Gasteiger partial charge is 0.332 e. The monoisotopic (exact) mass is 272 g/mol. The van der Waals surface area contributed by atoms with E-state index < -0.39 is 6.04 Å². The predicted octanol–water partition coefficient (Wildman–Crippen LogP) is 0.336. The van der Waals surface area contributed by atoms with Crippen molar-refractivity contribution in [1.29, 1.82) is 0 Å². The predicted molar refractivity (Wildman–Crippen MR) is 51.0 cm³/mol. The maximum absolute atomic E-state index is 10.7. The van der Waals surface area contributed by atoms with Gasteiger partial charge in [0, 0.05) is 0 Å². The van der Waals surface area contributed by atoms with Gasteiger partial charge in [0.05, 0.1) is 0 Å². The number of rotatable bonds is 5. The standard InChI is InChI=1S/C6H13IN2O2/c7-11-6(10)5(9)3-1-2-4-8/h5H,1-4,8-9H2/t5-/m0/s1. The number of nitrogens with two attached hydrogens (primary N) is 2. The first-order chi connectivity index (χ1) is 5.22. The minimum Gasteiger partial charge on any atom is -0.393 e. The van der Waals surface area contributed by atoms with Gasteiger partial charge in [0.1, 0.15) is 6.04 Å². The van der Waals surface area contributed by atoms with Crippen LogP contribution < -0.4 is 11.5 Å². The van der Waals surface area contributed by atoms with Crippen molar-refractivity contribution >= 4 is 29.0 Å². The molecule has 0 aliphatic carbocycles. The Balaban J connectivity index is 3.36. The van der Waals surface area contributed by atoms with Crippen LogP contribution in [-0.4, -0.2) is 18.6 Å². The minimum absolute atomic E-state index is 0.359. The molecule has 0 aliphatic heterocycles. The molecule has 0 bridgehead atoms. The summed E-state index contributed by atoms with van der Waals surface area (Å²) in [6.45, 7) is 0.645. The maximum atomic E-state index is 10.7. The van der Waals surface area contributed by atoms with E-state index in [-0.39, 0.29) is 5.97 Å². The van der Waals surface area contributed by atoms with Crippen molar-refractivity contribution in [3.63, 3.8) is 0 Å². The molecule has 0 rings (SSSR count). The molecule has 0 unspecified atom stereocenters. The Labute approximate surface area is 80.3 Å². The zero-order chi connectivity index (χ0) is 8.69. The summed E-state index contributed by atoms with van der Waals surface area (Å²) >= 11 is 1.54. The molecule has 0 amide bonds. The molecule has 0 fully saturated rings. The third-order valence-electron chi connectivity index (χ3n) is 1.35. The molecule has 0 heterocycles. The second-order valence-electron chi connectivity index (χ2n) is 2.29. The lowest BCUT2D eigenvalue weighted by Crippen LogP contribution is -2.30. The van der Waals surface area contributed by atoms with E-state index in [2.05, 4.69) is 3.07 Å². The zero-order valence-electron chi connectivity index (χ0n) is 6.25. The average Bonchev–Trinajstić information content (AvgIpc) is 2.03. The zero-order valence-corrected chi connectivity index (χ0v) is 8.41. The molecule has 0 saturated heterocycles. The number of carbonyl (C=O) groups excluding carboxylic acids is 1. The maximum Gasteiger partial charge on any atom is 0.332 e. The summed E-state index contributed by atoms with van der Waals surface area (Å²) in [6, 6.07) is -0.488. The van der Waals surface area contributed by atoms with E-state index >= 15 is 0 Å². The van der Waals surface area contributed by atoms with E-state index in [9.17, 15) is 4.79 Å². The highest BCUT2D eigenvalue weighted by atomic mass is 127. The number of unbranched alkanes of at least 4 members (excludes halogenated alkanes) is 1. The van der Waals surface area contributed by atoms with Gasteiger partial charge in [-0.2, -0.15) is 0 Å². The van der Waals surface area contributed by atoms with Gasteiger partial charge in [-0.15, -0.1) is 0 Å². The molecule has 1 atom stereocenters. The number of halogens is 1. The van der Waals surface area contributed by atoms with Crippen LogP contribution in [0.25, 0.3) is 0 Å². The van der Waals surface area contributed by atoms with Crippen LogP contribution in [0.2, 0.25) is 0 Å². The van der Waals surface area contributed by atoms with E-state index in [1.54, 1.807) is 0 Å². The highest BCUT2D eigenvalue weighted by molar-refractivity contribution is 14.1. The Hall–Kier alpha value is 0.120. The lowest BCUT2D eigenvalue weighted by Gasteiger charge is -2.06. The molecule has 4 nitrogen and oxygen atoms in total. The summed E-state index contributed by atoms with van der Waals surface area (Å²) < 4.78 is 4.42. The fraction of sp³-hybridized carbons (Fsp3) is 0.833. The highest BCUT2D eigenvalue weighted by Gasteiger charge is 2.12. The number of carbonyl (C=O) groups is 1. The number of hydrogen-bond acceptors (Lipinski definition) is 4. The Morgan fingerprint density at radius 3 is 2.64 bits per heavy atom. The SMILES string of the molecule is NCCCC[C@H](N)C(=O)OI. The van der Waals surface area contributed by atoms with Gasteiger partial charge in [-0.05, 0) is 19.4 Å². The largest absolute Gasteiger partial charge is 0.393 e. The van der Waals surface area contributed by atoms with Crippen LogP contribution in [-0.2, 0) is 7.86 Å². The highest BCUT2D eigenvalue weighted by Crippen LogP contribution is 2.01. The third-order valence-corrected chi connectivity index (χ3v) is 1.78. The topological polar surface area (TPSA) is 78.3 Å². The lowest BCUT2D eigenvalue weighted by atomic mass is 10.1. The summed E-state index contributed by atoms with van der Waals surface area (Å²) in [5, 5.41) is 0. The van der Waals surface area contributed by atoms with Crippen molar-refractivity contribution in [2.45, 2.75) is 25.3 Å². The van der Waals surface area contributed by atoms with Crippen molar-refractivity contribution in [1.82, 2.24) is 0 Å². The summed E-state index contributed by atoms with van der Waals surface area (Å²) in [4.78, 5) is 10.7. The molecular formula is C6H13IN2O2. The molecule has 11 heavy (non-hydrogen) atoms. The van der Waals surface area contributed by atoms with E-state index in [0.717, 1.165) is 12.8 Å². The van der Waals surface area contributed by atoms with Crippen LogP contribution in [0.1, 0.15) is 19.3 Å². The van der Waals surface area contributed by atoms with E-state index in [1.807, 2.05) is 0 Å². The van der Waals surface area contributed by atoms with Crippen molar-refractivity contribution in [2.75, 3.05) is 6.54 Å². The molecular weight excluding hydrogens is 259 g/mol. The molecule has 0 aromatic heterocycles. The second kappa shape index (κ2) is 6.81. The molecule has 0 aromatic carbocycles. The first-order valence-corrected chi connectivity index (χ1v) is 4.38. The molecule has 4 N–H and O–H groups in total. The van der Waals surface area contributed by atoms with Gasteiger partial charge in [0.25, 0.3) is 0 Å². The molecule has 0 aliphatic rings. The summed E-state index contributed by atoms with van der Waals surface area (Å²) in [6.07, 6.45) is 2.44. The Bertz CT molecular complexity index is 121. The van der Waals surface area contributed by atoms with E-state index in [0.29, 0.717) is 13.0 Å². The van der Waals surface area contributed by atoms with Crippen molar-refractivity contribution in [3.8, 4) is 0 Å². The van der Waals surface area contributed by atoms with E-state index in [1.165, 1.54) is 23.0 Å². The Morgan fingerprint density at radius 1 is 1.55 bits per heavy atom. The van der Waals surface area contributed by atoms with Crippen LogP contribution >= 0.6 is 23.0 Å². The van der Waals surface area contributed by atoms with Gasteiger partial charge in [0.2, 0.25) is 0 Å².